The number of aromatic amines is 1. The highest BCUT2D eigenvalue weighted by Crippen LogP contribution is 2.37. The minimum absolute atomic E-state index is 0.223. The monoisotopic (exact) mass is 404 g/mol. The van der Waals surface area contributed by atoms with Crippen LogP contribution in [0.15, 0.2) is 66.0 Å². The number of hydrogen-bond acceptors (Lipinski definition) is 4. The molecule has 3 heterocycles. The third-order valence-corrected chi connectivity index (χ3v) is 6.65. The summed E-state index contributed by atoms with van der Waals surface area (Å²) in [6.07, 6.45) is 4.47. The highest BCUT2D eigenvalue weighted by atomic mass is 32.2. The van der Waals surface area contributed by atoms with Crippen molar-refractivity contribution in [3.63, 3.8) is 0 Å². The number of aromatic nitrogens is 4. The van der Waals surface area contributed by atoms with Gasteiger partial charge < -0.3 is 9.72 Å². The standard InChI is InChI=1S/C23H24N4OS/c1-16(17-8-3-2-4-9-17)29-23-26-25-22(27(23)15-18-10-7-13-28-18)20-14-24-21-12-6-5-11-19(20)21/h2-6,8-9,11-12,14,16,18,24H,7,10,13,15H2,1H3/t16-,18-/m1/s1. The fraction of sp³-hybridized carbons (Fsp3) is 0.304. The number of ether oxygens (including phenoxy) is 1. The fourth-order valence-electron chi connectivity index (χ4n) is 3.94. The average molecular weight is 405 g/mol. The largest absolute Gasteiger partial charge is 0.376 e. The maximum Gasteiger partial charge on any atom is 0.192 e. The Hall–Kier alpha value is -2.57. The van der Waals surface area contributed by atoms with Gasteiger partial charge in [0.05, 0.1) is 12.6 Å². The van der Waals surface area contributed by atoms with Crippen molar-refractivity contribution in [1.29, 1.82) is 0 Å². The molecule has 2 atom stereocenters. The van der Waals surface area contributed by atoms with E-state index < -0.39 is 0 Å². The number of fused-ring (bicyclic) bond motifs is 1. The van der Waals surface area contributed by atoms with Crippen molar-refractivity contribution in [1.82, 2.24) is 19.7 Å². The van der Waals surface area contributed by atoms with Crippen LogP contribution in [0.3, 0.4) is 0 Å². The first-order chi connectivity index (χ1) is 14.3. The van der Waals surface area contributed by atoms with Crippen LogP contribution >= 0.6 is 11.8 Å². The molecule has 1 saturated heterocycles. The van der Waals surface area contributed by atoms with Crippen molar-refractivity contribution < 1.29 is 4.74 Å². The SMILES string of the molecule is C[C@@H](Sc1nnc(-c2c[nH]c3ccccc23)n1C[C@H]1CCCO1)c1ccccc1. The molecule has 1 N–H and O–H groups in total. The van der Waals surface area contributed by atoms with Gasteiger partial charge in [0, 0.05) is 34.5 Å². The first-order valence-electron chi connectivity index (χ1n) is 10.1. The summed E-state index contributed by atoms with van der Waals surface area (Å²) in [5.74, 6) is 0.903. The van der Waals surface area contributed by atoms with Crippen molar-refractivity contribution >= 4 is 22.7 Å². The Morgan fingerprint density at radius 2 is 1.97 bits per heavy atom. The quantitative estimate of drug-likeness (QED) is 0.434. The molecule has 2 aromatic heterocycles. The number of hydrogen-bond donors (Lipinski definition) is 1. The summed E-state index contributed by atoms with van der Waals surface area (Å²) in [5.41, 5.74) is 3.49. The van der Waals surface area contributed by atoms with E-state index in [0.717, 1.165) is 48.1 Å². The zero-order chi connectivity index (χ0) is 19.6. The lowest BCUT2D eigenvalue weighted by atomic mass is 10.1. The molecule has 1 aliphatic rings. The van der Waals surface area contributed by atoms with Crippen molar-refractivity contribution in [2.45, 2.75) is 42.8 Å². The lowest BCUT2D eigenvalue weighted by Crippen LogP contribution is -2.16. The van der Waals surface area contributed by atoms with Crippen LogP contribution in [0, 0.1) is 0 Å². The molecule has 0 unspecified atom stereocenters. The van der Waals surface area contributed by atoms with Crippen LogP contribution in [-0.2, 0) is 11.3 Å². The van der Waals surface area contributed by atoms with Gasteiger partial charge in [0.25, 0.3) is 0 Å². The van der Waals surface area contributed by atoms with Crippen LogP contribution in [-0.4, -0.2) is 32.5 Å². The van der Waals surface area contributed by atoms with Gasteiger partial charge in [-0.2, -0.15) is 0 Å². The van der Waals surface area contributed by atoms with Crippen molar-refractivity contribution in [2.75, 3.05) is 6.61 Å². The van der Waals surface area contributed by atoms with E-state index in [4.69, 9.17) is 4.74 Å². The number of rotatable bonds is 6. The normalized spacial score (nSPS) is 17.8. The zero-order valence-corrected chi connectivity index (χ0v) is 17.2. The minimum Gasteiger partial charge on any atom is -0.376 e. The van der Waals surface area contributed by atoms with Crippen LogP contribution in [0.25, 0.3) is 22.3 Å². The van der Waals surface area contributed by atoms with Crippen LogP contribution < -0.4 is 0 Å². The van der Waals surface area contributed by atoms with E-state index in [-0.39, 0.29) is 6.10 Å². The Bertz CT molecular complexity index is 1100. The third-order valence-electron chi connectivity index (χ3n) is 5.51. The van der Waals surface area contributed by atoms with Crippen LogP contribution in [0.2, 0.25) is 0 Å². The molecule has 2 aromatic carbocycles. The Balaban J connectivity index is 1.53. The molecule has 5 nitrogen and oxygen atoms in total. The van der Waals surface area contributed by atoms with Crippen LogP contribution in [0.5, 0.6) is 0 Å². The van der Waals surface area contributed by atoms with E-state index in [1.54, 1.807) is 11.8 Å². The first kappa shape index (κ1) is 18.5. The Morgan fingerprint density at radius 1 is 1.14 bits per heavy atom. The molecular weight excluding hydrogens is 380 g/mol. The lowest BCUT2D eigenvalue weighted by molar-refractivity contribution is 0.0953. The molecule has 6 heteroatoms. The van der Waals surface area contributed by atoms with E-state index in [9.17, 15) is 0 Å². The Morgan fingerprint density at radius 3 is 2.79 bits per heavy atom. The summed E-state index contributed by atoms with van der Waals surface area (Å²) < 4.78 is 8.18. The second-order valence-electron chi connectivity index (χ2n) is 7.47. The second kappa shape index (κ2) is 8.05. The van der Waals surface area contributed by atoms with Crippen molar-refractivity contribution in [3.05, 3.63) is 66.4 Å². The third kappa shape index (κ3) is 3.70. The van der Waals surface area contributed by atoms with E-state index in [2.05, 4.69) is 75.2 Å². The summed E-state index contributed by atoms with van der Waals surface area (Å²) in [5, 5.41) is 11.6. The van der Waals surface area contributed by atoms with E-state index in [1.165, 1.54) is 10.9 Å². The predicted octanol–water partition coefficient (Wildman–Crippen LogP) is 5.46. The molecule has 0 saturated carbocycles. The smallest absolute Gasteiger partial charge is 0.192 e. The van der Waals surface area contributed by atoms with E-state index in [0.29, 0.717) is 5.25 Å². The number of para-hydroxylation sites is 1. The zero-order valence-electron chi connectivity index (χ0n) is 16.4. The molecule has 5 rings (SSSR count). The van der Waals surface area contributed by atoms with E-state index >= 15 is 0 Å². The predicted molar refractivity (Wildman–Crippen MR) is 117 cm³/mol. The molecule has 148 valence electrons. The maximum atomic E-state index is 5.94. The average Bonchev–Trinajstić information content (AvgIpc) is 3.50. The van der Waals surface area contributed by atoms with Gasteiger partial charge in [-0.3, -0.25) is 4.57 Å². The van der Waals surface area contributed by atoms with Crippen LogP contribution in [0.1, 0.15) is 30.6 Å². The molecule has 1 fully saturated rings. The molecule has 0 radical (unpaired) electrons. The van der Waals surface area contributed by atoms with Gasteiger partial charge in [-0.1, -0.05) is 60.3 Å². The minimum atomic E-state index is 0.223. The number of nitrogens with one attached hydrogen (secondary N) is 1. The van der Waals surface area contributed by atoms with E-state index in [1.807, 2.05) is 12.3 Å². The molecule has 0 aliphatic carbocycles. The summed E-state index contributed by atoms with van der Waals surface area (Å²) in [4.78, 5) is 3.36. The molecular formula is C23H24N4OS. The summed E-state index contributed by atoms with van der Waals surface area (Å²) >= 11 is 1.75. The maximum absolute atomic E-state index is 5.94. The number of H-pyrrole nitrogens is 1. The molecule has 1 aliphatic heterocycles. The fourth-order valence-corrected chi connectivity index (χ4v) is 4.92. The van der Waals surface area contributed by atoms with Crippen LogP contribution in [0.4, 0.5) is 0 Å². The van der Waals surface area contributed by atoms with Gasteiger partial charge in [-0.05, 0) is 31.4 Å². The molecule has 0 bridgehead atoms. The highest BCUT2D eigenvalue weighted by Gasteiger charge is 2.24. The Labute approximate surface area is 174 Å². The van der Waals surface area contributed by atoms with Crippen molar-refractivity contribution in [2.24, 2.45) is 0 Å². The van der Waals surface area contributed by atoms with Gasteiger partial charge >= 0.3 is 0 Å². The van der Waals surface area contributed by atoms with Gasteiger partial charge in [-0.15, -0.1) is 10.2 Å². The lowest BCUT2D eigenvalue weighted by Gasteiger charge is -2.16. The Kier molecular flexibility index (Phi) is 5.12. The van der Waals surface area contributed by atoms with Crippen molar-refractivity contribution in [3.8, 4) is 11.4 Å². The highest BCUT2D eigenvalue weighted by molar-refractivity contribution is 7.99. The first-order valence-corrected chi connectivity index (χ1v) is 11.0. The van der Waals surface area contributed by atoms with Gasteiger partial charge in [0.2, 0.25) is 0 Å². The summed E-state index contributed by atoms with van der Waals surface area (Å²) in [6, 6.07) is 18.9. The van der Waals surface area contributed by atoms with Gasteiger partial charge in [-0.25, -0.2) is 0 Å². The number of nitrogens with zero attached hydrogens (tertiary/aromatic N) is 3. The summed E-state index contributed by atoms with van der Waals surface area (Å²) in [6.45, 7) is 3.85. The van der Waals surface area contributed by atoms with Gasteiger partial charge in [0.1, 0.15) is 0 Å². The summed E-state index contributed by atoms with van der Waals surface area (Å²) in [7, 11) is 0. The van der Waals surface area contributed by atoms with Gasteiger partial charge in [0.15, 0.2) is 11.0 Å². The molecule has 0 spiro atoms. The number of benzene rings is 2. The second-order valence-corrected chi connectivity index (χ2v) is 8.78. The topological polar surface area (TPSA) is 55.7 Å². The molecule has 4 aromatic rings. The molecule has 29 heavy (non-hydrogen) atoms. The molecule has 0 amide bonds. The number of thioether (sulfide) groups is 1.